The second-order valence-corrected chi connectivity index (χ2v) is 5.24. The van der Waals surface area contributed by atoms with Crippen molar-refractivity contribution in [1.29, 1.82) is 0 Å². The fourth-order valence-corrected chi connectivity index (χ4v) is 2.52. The van der Waals surface area contributed by atoms with E-state index in [0.29, 0.717) is 6.07 Å². The molecular formula is C14H19F3N2O2. The summed E-state index contributed by atoms with van der Waals surface area (Å²) in [5, 5.41) is 23.3. The lowest BCUT2D eigenvalue weighted by atomic mass is 9.99. The fourth-order valence-electron chi connectivity index (χ4n) is 2.52. The number of hydrogen-bond acceptors (Lipinski definition) is 4. The van der Waals surface area contributed by atoms with Crippen molar-refractivity contribution in [2.45, 2.75) is 25.2 Å². The van der Waals surface area contributed by atoms with Gasteiger partial charge in [0.15, 0.2) is 0 Å². The van der Waals surface area contributed by atoms with Gasteiger partial charge in [-0.1, -0.05) is 6.07 Å². The van der Waals surface area contributed by atoms with Gasteiger partial charge in [-0.2, -0.15) is 13.2 Å². The van der Waals surface area contributed by atoms with Crippen molar-refractivity contribution >= 4 is 0 Å². The van der Waals surface area contributed by atoms with Gasteiger partial charge in [0, 0.05) is 37.8 Å². The van der Waals surface area contributed by atoms with Crippen molar-refractivity contribution in [3.05, 3.63) is 29.3 Å². The lowest BCUT2D eigenvalue weighted by molar-refractivity contribution is -0.137. The molecule has 21 heavy (non-hydrogen) atoms. The smallest absolute Gasteiger partial charge is 0.416 e. The molecule has 0 aliphatic carbocycles. The van der Waals surface area contributed by atoms with Gasteiger partial charge in [0.25, 0.3) is 0 Å². The number of aliphatic hydroxyl groups excluding tert-OH is 1. The summed E-state index contributed by atoms with van der Waals surface area (Å²) in [5.41, 5.74) is -0.806. The first kappa shape index (κ1) is 16.1. The van der Waals surface area contributed by atoms with Crippen LogP contribution in [0.2, 0.25) is 0 Å². The largest absolute Gasteiger partial charge is 0.508 e. The summed E-state index contributed by atoms with van der Waals surface area (Å²) in [6.45, 7) is 4.90. The van der Waals surface area contributed by atoms with Crippen LogP contribution in [-0.4, -0.2) is 47.3 Å². The van der Waals surface area contributed by atoms with Gasteiger partial charge in [0.2, 0.25) is 0 Å². The molecule has 2 atom stereocenters. The van der Waals surface area contributed by atoms with E-state index in [1.54, 1.807) is 6.92 Å². The molecule has 118 valence electrons. The Morgan fingerprint density at radius 3 is 2.38 bits per heavy atom. The van der Waals surface area contributed by atoms with Crippen molar-refractivity contribution in [2.75, 3.05) is 26.2 Å². The number of phenolic OH excluding ortho intramolecular Hbond substituents is 1. The number of halogens is 3. The predicted molar refractivity (Wildman–Crippen MR) is 72.0 cm³/mol. The quantitative estimate of drug-likeness (QED) is 0.796. The second kappa shape index (κ2) is 6.21. The van der Waals surface area contributed by atoms with Gasteiger partial charge in [0.1, 0.15) is 5.75 Å². The third-order valence-corrected chi connectivity index (χ3v) is 3.86. The fraction of sp³-hybridized carbons (Fsp3) is 0.571. The Hall–Kier alpha value is -1.31. The van der Waals surface area contributed by atoms with E-state index < -0.39 is 23.6 Å². The van der Waals surface area contributed by atoms with Gasteiger partial charge in [0.05, 0.1) is 11.7 Å². The molecule has 0 radical (unpaired) electrons. The van der Waals surface area contributed by atoms with Crippen LogP contribution in [-0.2, 0) is 6.18 Å². The van der Waals surface area contributed by atoms with Crippen LogP contribution < -0.4 is 5.32 Å². The monoisotopic (exact) mass is 304 g/mol. The van der Waals surface area contributed by atoms with Gasteiger partial charge in [-0.05, 0) is 19.1 Å². The van der Waals surface area contributed by atoms with Crippen LogP contribution in [0.15, 0.2) is 18.2 Å². The molecule has 0 aromatic heterocycles. The predicted octanol–water partition coefficient (Wildman–Crippen LogP) is 1.74. The highest BCUT2D eigenvalue weighted by Gasteiger charge is 2.32. The molecule has 2 rings (SSSR count). The topological polar surface area (TPSA) is 55.7 Å². The Labute approximate surface area is 121 Å². The maximum absolute atomic E-state index is 12.6. The molecule has 2 unspecified atom stereocenters. The molecule has 0 saturated carbocycles. The highest BCUT2D eigenvalue weighted by molar-refractivity contribution is 5.39. The SMILES string of the molecule is CC(C(O)c1ccc(C(F)(F)F)cc1O)N1CCNCC1. The molecule has 1 saturated heterocycles. The van der Waals surface area contributed by atoms with E-state index in [4.69, 9.17) is 0 Å². The zero-order valence-electron chi connectivity index (χ0n) is 11.7. The summed E-state index contributed by atoms with van der Waals surface area (Å²) >= 11 is 0. The minimum absolute atomic E-state index is 0.119. The van der Waals surface area contributed by atoms with Gasteiger partial charge >= 0.3 is 6.18 Å². The van der Waals surface area contributed by atoms with E-state index in [1.165, 1.54) is 0 Å². The highest BCUT2D eigenvalue weighted by Crippen LogP contribution is 2.35. The molecule has 4 nitrogen and oxygen atoms in total. The average molecular weight is 304 g/mol. The normalized spacial score (nSPS) is 20.2. The van der Waals surface area contributed by atoms with E-state index in [-0.39, 0.29) is 11.6 Å². The molecule has 1 aliphatic rings. The minimum atomic E-state index is -4.51. The van der Waals surface area contributed by atoms with Crippen LogP contribution in [0, 0.1) is 0 Å². The van der Waals surface area contributed by atoms with E-state index in [1.807, 2.05) is 4.90 Å². The first-order valence-corrected chi connectivity index (χ1v) is 6.83. The van der Waals surface area contributed by atoms with Crippen molar-refractivity contribution in [3.63, 3.8) is 0 Å². The molecule has 0 bridgehead atoms. The molecule has 7 heteroatoms. The number of phenols is 1. The second-order valence-electron chi connectivity index (χ2n) is 5.24. The number of nitrogens with zero attached hydrogens (tertiary/aromatic N) is 1. The molecule has 1 fully saturated rings. The lowest BCUT2D eigenvalue weighted by Gasteiger charge is -2.35. The highest BCUT2D eigenvalue weighted by atomic mass is 19.4. The molecule has 1 aromatic carbocycles. The van der Waals surface area contributed by atoms with E-state index in [0.717, 1.165) is 38.3 Å². The summed E-state index contributed by atoms with van der Waals surface area (Å²) in [4.78, 5) is 2.04. The van der Waals surface area contributed by atoms with Crippen molar-refractivity contribution in [3.8, 4) is 5.75 Å². The third-order valence-electron chi connectivity index (χ3n) is 3.86. The van der Waals surface area contributed by atoms with E-state index in [9.17, 15) is 23.4 Å². The third kappa shape index (κ3) is 3.66. The van der Waals surface area contributed by atoms with Crippen molar-refractivity contribution < 1.29 is 23.4 Å². The Morgan fingerprint density at radius 1 is 1.24 bits per heavy atom. The van der Waals surface area contributed by atoms with Crippen LogP contribution in [0.3, 0.4) is 0 Å². The molecule has 0 amide bonds. The first-order valence-electron chi connectivity index (χ1n) is 6.83. The lowest BCUT2D eigenvalue weighted by Crippen LogP contribution is -2.49. The summed E-state index contributed by atoms with van der Waals surface area (Å²) in [6, 6.07) is 2.39. The summed E-state index contributed by atoms with van der Waals surface area (Å²) in [7, 11) is 0. The number of nitrogens with one attached hydrogen (secondary N) is 1. The van der Waals surface area contributed by atoms with Crippen LogP contribution in [0.1, 0.15) is 24.2 Å². The van der Waals surface area contributed by atoms with E-state index in [2.05, 4.69) is 5.32 Å². The number of piperazine rings is 1. The Morgan fingerprint density at radius 2 is 1.86 bits per heavy atom. The number of alkyl halides is 3. The summed E-state index contributed by atoms with van der Waals surface area (Å²) in [6.07, 6.45) is -5.55. The summed E-state index contributed by atoms with van der Waals surface area (Å²) in [5.74, 6) is -0.528. The van der Waals surface area contributed by atoms with Crippen LogP contribution in [0.5, 0.6) is 5.75 Å². The van der Waals surface area contributed by atoms with Crippen molar-refractivity contribution in [1.82, 2.24) is 10.2 Å². The average Bonchev–Trinajstić information content (AvgIpc) is 2.45. The standard InChI is InChI=1S/C14H19F3N2O2/c1-9(19-6-4-18-5-7-19)13(21)11-3-2-10(8-12(11)20)14(15,16)17/h2-3,8-9,13,18,20-21H,4-7H2,1H3. The van der Waals surface area contributed by atoms with Crippen LogP contribution in [0.25, 0.3) is 0 Å². The number of aliphatic hydroxyl groups is 1. The number of rotatable bonds is 3. The zero-order chi connectivity index (χ0) is 15.6. The zero-order valence-corrected chi connectivity index (χ0v) is 11.7. The maximum Gasteiger partial charge on any atom is 0.416 e. The number of aromatic hydroxyl groups is 1. The van der Waals surface area contributed by atoms with Crippen LogP contribution in [0.4, 0.5) is 13.2 Å². The Bertz CT molecular complexity index is 488. The Kier molecular flexibility index (Phi) is 4.75. The number of benzene rings is 1. The summed E-state index contributed by atoms with van der Waals surface area (Å²) < 4.78 is 37.7. The van der Waals surface area contributed by atoms with Gasteiger partial charge < -0.3 is 15.5 Å². The molecule has 1 heterocycles. The molecule has 1 aliphatic heterocycles. The number of hydrogen-bond donors (Lipinski definition) is 3. The molecular weight excluding hydrogens is 285 g/mol. The van der Waals surface area contributed by atoms with Crippen molar-refractivity contribution in [2.24, 2.45) is 0 Å². The van der Waals surface area contributed by atoms with Gasteiger partial charge in [-0.25, -0.2) is 0 Å². The minimum Gasteiger partial charge on any atom is -0.508 e. The maximum atomic E-state index is 12.6. The molecule has 1 aromatic rings. The molecule has 0 spiro atoms. The van der Waals surface area contributed by atoms with Gasteiger partial charge in [-0.15, -0.1) is 0 Å². The van der Waals surface area contributed by atoms with E-state index >= 15 is 0 Å². The van der Waals surface area contributed by atoms with Gasteiger partial charge in [-0.3, -0.25) is 4.90 Å². The molecule has 3 N–H and O–H groups in total. The van der Waals surface area contributed by atoms with Crippen LogP contribution >= 0.6 is 0 Å². The Balaban J connectivity index is 2.16. The first-order chi connectivity index (χ1) is 9.80.